The Balaban J connectivity index is 1.16. The summed E-state index contributed by atoms with van der Waals surface area (Å²) in [5, 5.41) is 22.4. The summed E-state index contributed by atoms with van der Waals surface area (Å²) in [6.07, 6.45) is 2.09. The second-order valence-corrected chi connectivity index (χ2v) is 13.3. The van der Waals surface area contributed by atoms with E-state index in [0.29, 0.717) is 66.5 Å². The molecule has 0 saturated carbocycles. The topological polar surface area (TPSA) is 141 Å². The minimum Gasteiger partial charge on any atom is -0.481 e. The first-order chi connectivity index (χ1) is 23.6. The molecule has 2 aliphatic heterocycles. The van der Waals surface area contributed by atoms with Crippen molar-refractivity contribution in [3.63, 3.8) is 0 Å². The molecule has 0 radical (unpaired) electrons. The van der Waals surface area contributed by atoms with Gasteiger partial charge in [-0.15, -0.1) is 0 Å². The summed E-state index contributed by atoms with van der Waals surface area (Å²) in [7, 11) is 3.97. The van der Waals surface area contributed by atoms with Gasteiger partial charge in [-0.25, -0.2) is 9.97 Å². The highest BCUT2D eigenvalue weighted by molar-refractivity contribution is 6.03. The fourth-order valence-corrected chi connectivity index (χ4v) is 7.24. The van der Waals surface area contributed by atoms with Gasteiger partial charge >= 0.3 is 5.97 Å². The van der Waals surface area contributed by atoms with Gasteiger partial charge in [0.05, 0.1) is 17.2 Å². The number of carbonyl (C=O) groups excluding carboxylic acids is 1. The van der Waals surface area contributed by atoms with Crippen molar-refractivity contribution >= 4 is 28.7 Å². The molecule has 1 amide bonds. The summed E-state index contributed by atoms with van der Waals surface area (Å²) < 4.78 is 8.17. The number of rotatable bonds is 7. The molecular weight excluding hydrogens is 618 g/mol. The molecule has 250 valence electrons. The average Bonchev–Trinajstić information content (AvgIpc) is 3.66. The molecule has 2 N–H and O–H groups in total. The van der Waals surface area contributed by atoms with Crippen LogP contribution in [0, 0.1) is 31.1 Å². The molecule has 11 nitrogen and oxygen atoms in total. The fraction of sp³-hybridized carbons (Fsp3) is 0.342. The molecule has 2 aromatic heterocycles. The van der Waals surface area contributed by atoms with Crippen molar-refractivity contribution in [2.75, 3.05) is 32.0 Å². The second-order valence-electron chi connectivity index (χ2n) is 13.3. The Morgan fingerprint density at radius 1 is 1.00 bits per heavy atom. The summed E-state index contributed by atoms with van der Waals surface area (Å²) in [5.74, 6) is -0.438. The van der Waals surface area contributed by atoms with Crippen molar-refractivity contribution in [3.05, 3.63) is 88.0 Å². The number of carboxylic acid groups (broad SMARTS) is 1. The van der Waals surface area contributed by atoms with Crippen LogP contribution in [-0.4, -0.2) is 68.0 Å². The van der Waals surface area contributed by atoms with Crippen LogP contribution in [0.3, 0.4) is 0 Å². The number of piperidine rings is 1. The van der Waals surface area contributed by atoms with Crippen molar-refractivity contribution in [2.24, 2.45) is 13.0 Å². The molecular formula is C38H39N7O4. The molecule has 0 unspecified atom stereocenters. The largest absolute Gasteiger partial charge is 0.481 e. The number of benzene rings is 3. The van der Waals surface area contributed by atoms with E-state index < -0.39 is 5.97 Å². The van der Waals surface area contributed by atoms with Gasteiger partial charge in [-0.3, -0.25) is 14.5 Å². The van der Waals surface area contributed by atoms with Crippen LogP contribution >= 0.6 is 0 Å². The van der Waals surface area contributed by atoms with Gasteiger partial charge in [0.2, 0.25) is 5.89 Å². The number of anilines is 1. The number of nitriles is 1. The predicted molar refractivity (Wildman–Crippen MR) is 186 cm³/mol. The zero-order valence-electron chi connectivity index (χ0n) is 28.2. The SMILES string of the molecule is Cc1c(NC(=O)c2nc3c(n2C)CCN(C)C3)cccc1-c1cccc(-c2nc3cc(CN4CCC(C(=O)O)CC4)cc(C#N)c3o2)c1C. The van der Waals surface area contributed by atoms with E-state index in [1.165, 1.54) is 0 Å². The summed E-state index contributed by atoms with van der Waals surface area (Å²) >= 11 is 0. The Hall–Kier alpha value is -5.31. The number of hydrogen-bond acceptors (Lipinski definition) is 8. The molecule has 2 aliphatic rings. The number of nitrogens with zero attached hydrogens (tertiary/aromatic N) is 6. The van der Waals surface area contributed by atoms with Gasteiger partial charge in [-0.2, -0.15) is 5.26 Å². The third-order valence-corrected chi connectivity index (χ3v) is 10.1. The van der Waals surface area contributed by atoms with E-state index in [0.717, 1.165) is 64.3 Å². The molecule has 0 spiro atoms. The molecule has 0 atom stereocenters. The van der Waals surface area contributed by atoms with Crippen LogP contribution in [0.25, 0.3) is 33.7 Å². The van der Waals surface area contributed by atoms with E-state index in [1.807, 2.05) is 74.0 Å². The Morgan fingerprint density at radius 3 is 2.45 bits per heavy atom. The Kier molecular flexibility index (Phi) is 8.52. The first kappa shape index (κ1) is 32.2. The number of nitrogens with one attached hydrogen (secondary N) is 1. The highest BCUT2D eigenvalue weighted by atomic mass is 16.4. The number of aliphatic carboxylic acids is 1. The van der Waals surface area contributed by atoms with Crippen LogP contribution in [0.5, 0.6) is 0 Å². The minimum atomic E-state index is -0.733. The zero-order chi connectivity index (χ0) is 34.4. The highest BCUT2D eigenvalue weighted by Crippen LogP contribution is 2.37. The van der Waals surface area contributed by atoms with E-state index in [2.05, 4.69) is 33.2 Å². The molecule has 1 saturated heterocycles. The molecule has 0 bridgehead atoms. The average molecular weight is 658 g/mol. The molecule has 49 heavy (non-hydrogen) atoms. The smallest absolute Gasteiger partial charge is 0.306 e. The number of likely N-dealkylation sites (N-methyl/N-ethyl adjacent to an activating group) is 1. The van der Waals surface area contributed by atoms with E-state index in [1.54, 1.807) is 0 Å². The number of aromatic nitrogens is 3. The zero-order valence-corrected chi connectivity index (χ0v) is 28.2. The quantitative estimate of drug-likeness (QED) is 0.218. The Bertz CT molecular complexity index is 2150. The lowest BCUT2D eigenvalue weighted by Gasteiger charge is -2.30. The van der Waals surface area contributed by atoms with Crippen LogP contribution in [0.1, 0.15) is 57.1 Å². The standard InChI is InChI=1S/C38H39N7O4/c1-22-27(28-8-6-10-30(23(28)2)41-36(46)35-40-32-21-43(3)14-13-33(32)44(35)4)7-5-9-29(22)37-42-31-18-24(17-26(19-39)34(31)49-37)20-45-15-11-25(12-16-45)38(47)48/h5-10,17-18,25H,11-16,20-21H2,1-4H3,(H,41,46)(H,47,48). The molecule has 11 heteroatoms. The number of likely N-dealkylation sites (tertiary alicyclic amines) is 1. The van der Waals surface area contributed by atoms with Crippen LogP contribution in [0.4, 0.5) is 5.69 Å². The number of carbonyl (C=O) groups is 2. The van der Waals surface area contributed by atoms with Crippen molar-refractivity contribution in [3.8, 4) is 28.7 Å². The Labute approximate surface area is 284 Å². The highest BCUT2D eigenvalue weighted by Gasteiger charge is 2.26. The number of imidazole rings is 1. The number of carboxylic acids is 1. The lowest BCUT2D eigenvalue weighted by atomic mass is 9.93. The first-order valence-electron chi connectivity index (χ1n) is 16.6. The molecule has 4 heterocycles. The van der Waals surface area contributed by atoms with Crippen LogP contribution in [0.2, 0.25) is 0 Å². The van der Waals surface area contributed by atoms with Gasteiger partial charge < -0.3 is 24.3 Å². The minimum absolute atomic E-state index is 0.242. The maximum atomic E-state index is 13.5. The fourth-order valence-electron chi connectivity index (χ4n) is 7.24. The van der Waals surface area contributed by atoms with E-state index in [9.17, 15) is 20.0 Å². The van der Waals surface area contributed by atoms with Crippen LogP contribution in [-0.2, 0) is 31.4 Å². The molecule has 7 rings (SSSR count). The summed E-state index contributed by atoms with van der Waals surface area (Å²) in [6, 6.07) is 17.9. The molecule has 5 aromatic rings. The van der Waals surface area contributed by atoms with Crippen molar-refractivity contribution in [1.29, 1.82) is 5.26 Å². The number of amides is 1. The summed E-state index contributed by atoms with van der Waals surface area (Å²) in [6.45, 7) is 7.69. The Morgan fingerprint density at radius 2 is 1.71 bits per heavy atom. The normalized spacial score (nSPS) is 15.7. The maximum absolute atomic E-state index is 13.5. The van der Waals surface area contributed by atoms with Crippen LogP contribution in [0.15, 0.2) is 52.9 Å². The number of fused-ring (bicyclic) bond motifs is 2. The maximum Gasteiger partial charge on any atom is 0.306 e. The van der Waals surface area contributed by atoms with Crippen molar-refractivity contribution in [1.82, 2.24) is 24.3 Å². The van der Waals surface area contributed by atoms with Gasteiger partial charge in [0, 0.05) is 50.0 Å². The molecule has 0 aliphatic carbocycles. The van der Waals surface area contributed by atoms with Crippen molar-refractivity contribution in [2.45, 2.75) is 46.2 Å². The van der Waals surface area contributed by atoms with Gasteiger partial charge in [0.25, 0.3) is 5.91 Å². The van der Waals surface area contributed by atoms with E-state index in [-0.39, 0.29) is 11.8 Å². The third kappa shape index (κ3) is 6.09. The summed E-state index contributed by atoms with van der Waals surface area (Å²) in [5.41, 5.74) is 9.84. The van der Waals surface area contributed by atoms with Gasteiger partial charge in [-0.05, 0) is 98.9 Å². The lowest BCUT2D eigenvalue weighted by molar-refractivity contribution is -0.143. The van der Waals surface area contributed by atoms with Crippen molar-refractivity contribution < 1.29 is 19.1 Å². The number of oxazole rings is 1. The first-order valence-corrected chi connectivity index (χ1v) is 16.6. The van der Waals surface area contributed by atoms with Gasteiger partial charge in [-0.1, -0.05) is 24.3 Å². The number of hydrogen-bond donors (Lipinski definition) is 2. The monoisotopic (exact) mass is 657 g/mol. The van der Waals surface area contributed by atoms with E-state index >= 15 is 0 Å². The van der Waals surface area contributed by atoms with E-state index in [4.69, 9.17) is 9.40 Å². The van der Waals surface area contributed by atoms with Gasteiger partial charge in [0.1, 0.15) is 11.6 Å². The third-order valence-electron chi connectivity index (χ3n) is 10.1. The molecule has 1 fully saturated rings. The predicted octanol–water partition coefficient (Wildman–Crippen LogP) is 5.92. The van der Waals surface area contributed by atoms with Crippen LogP contribution < -0.4 is 5.32 Å². The lowest BCUT2D eigenvalue weighted by Crippen LogP contribution is -2.35. The summed E-state index contributed by atoms with van der Waals surface area (Å²) in [4.78, 5) is 38.8. The molecule has 3 aromatic carbocycles. The van der Waals surface area contributed by atoms with Gasteiger partial charge in [0.15, 0.2) is 11.4 Å². The second kappa shape index (κ2) is 13.0.